The van der Waals surface area contributed by atoms with Crippen molar-refractivity contribution in [3.05, 3.63) is 57.0 Å². The maximum atomic E-state index is 12.3. The second kappa shape index (κ2) is 7.76. The monoisotopic (exact) mass is 358 g/mol. The number of aromatic nitrogens is 3. The quantitative estimate of drug-likeness (QED) is 0.650. The molecule has 0 N–H and O–H groups in total. The van der Waals surface area contributed by atoms with Crippen LogP contribution in [0.3, 0.4) is 0 Å². The van der Waals surface area contributed by atoms with Gasteiger partial charge in [-0.05, 0) is 30.7 Å². The molecule has 25 heavy (non-hydrogen) atoms. The van der Waals surface area contributed by atoms with Gasteiger partial charge in [-0.3, -0.25) is 9.69 Å². The summed E-state index contributed by atoms with van der Waals surface area (Å²) in [6.07, 6.45) is 0.807. The van der Waals surface area contributed by atoms with Gasteiger partial charge in [-0.1, -0.05) is 37.3 Å². The molecular weight excluding hydrogens is 336 g/mol. The first kappa shape index (κ1) is 17.6. The van der Waals surface area contributed by atoms with E-state index in [1.165, 1.54) is 21.4 Å². The Morgan fingerprint density at radius 1 is 1.20 bits per heavy atom. The van der Waals surface area contributed by atoms with Crippen molar-refractivity contribution in [2.24, 2.45) is 0 Å². The molecule has 3 rings (SSSR count). The lowest BCUT2D eigenvalue weighted by atomic mass is 10.2. The molecular formula is C18H22N4O2S. The zero-order chi connectivity index (χ0) is 17.8. The zero-order valence-electron chi connectivity index (χ0n) is 14.7. The minimum absolute atomic E-state index is 0.114. The minimum Gasteiger partial charge on any atom is -0.497 e. The molecule has 2 aromatic heterocycles. The molecule has 0 unspecified atom stereocenters. The van der Waals surface area contributed by atoms with E-state index in [2.05, 4.69) is 34.0 Å². The number of ether oxygens (including phenoxy) is 1. The summed E-state index contributed by atoms with van der Waals surface area (Å²) in [7, 11) is 1.66. The highest BCUT2D eigenvalue weighted by atomic mass is 32.1. The predicted octanol–water partition coefficient (Wildman–Crippen LogP) is 2.74. The Balaban J connectivity index is 1.78. The fourth-order valence-electron chi connectivity index (χ4n) is 2.62. The van der Waals surface area contributed by atoms with E-state index >= 15 is 0 Å². The fraction of sp³-hybridized carbons (Fsp3) is 0.389. The molecule has 6 nitrogen and oxygen atoms in total. The van der Waals surface area contributed by atoms with Crippen LogP contribution in [0.25, 0.3) is 4.96 Å². The highest BCUT2D eigenvalue weighted by molar-refractivity contribution is 7.16. The van der Waals surface area contributed by atoms with Gasteiger partial charge in [0.1, 0.15) is 10.8 Å². The van der Waals surface area contributed by atoms with Crippen molar-refractivity contribution < 1.29 is 4.74 Å². The van der Waals surface area contributed by atoms with Crippen LogP contribution in [0, 0.1) is 0 Å². The number of nitrogens with zero attached hydrogens (tertiary/aromatic N) is 4. The van der Waals surface area contributed by atoms with Crippen LogP contribution in [-0.2, 0) is 19.5 Å². The summed E-state index contributed by atoms with van der Waals surface area (Å²) < 4.78 is 6.59. The third-order valence-corrected chi connectivity index (χ3v) is 5.09. The maximum absolute atomic E-state index is 12.3. The molecule has 1 aromatic carbocycles. The van der Waals surface area contributed by atoms with Crippen molar-refractivity contribution in [3.63, 3.8) is 0 Å². The van der Waals surface area contributed by atoms with E-state index < -0.39 is 0 Å². The van der Waals surface area contributed by atoms with E-state index in [0.29, 0.717) is 11.5 Å². The second-order valence-electron chi connectivity index (χ2n) is 5.78. The summed E-state index contributed by atoms with van der Waals surface area (Å²) in [5.74, 6) is 0.851. The van der Waals surface area contributed by atoms with E-state index in [1.54, 1.807) is 13.2 Å². The van der Waals surface area contributed by atoms with Crippen LogP contribution in [0.5, 0.6) is 5.75 Å². The van der Waals surface area contributed by atoms with Crippen molar-refractivity contribution in [2.75, 3.05) is 13.7 Å². The van der Waals surface area contributed by atoms with E-state index in [-0.39, 0.29) is 5.56 Å². The molecule has 7 heteroatoms. The van der Waals surface area contributed by atoms with Gasteiger partial charge in [-0.15, -0.1) is 0 Å². The summed E-state index contributed by atoms with van der Waals surface area (Å²) in [5.41, 5.74) is 1.87. The topological polar surface area (TPSA) is 59.7 Å². The number of hydrogen-bond acceptors (Lipinski definition) is 6. The summed E-state index contributed by atoms with van der Waals surface area (Å²) in [4.78, 5) is 19.8. The van der Waals surface area contributed by atoms with E-state index in [0.717, 1.165) is 36.0 Å². The predicted molar refractivity (Wildman–Crippen MR) is 99.3 cm³/mol. The highest BCUT2D eigenvalue weighted by Gasteiger charge is 2.11. The Kier molecular flexibility index (Phi) is 5.45. The number of fused-ring (bicyclic) bond motifs is 1. The van der Waals surface area contributed by atoms with E-state index in [1.807, 2.05) is 19.1 Å². The molecule has 3 aromatic rings. The molecule has 0 bridgehead atoms. The van der Waals surface area contributed by atoms with Crippen molar-refractivity contribution in [1.82, 2.24) is 19.5 Å². The number of hydrogen-bond donors (Lipinski definition) is 0. The minimum atomic E-state index is -0.114. The Morgan fingerprint density at radius 3 is 2.60 bits per heavy atom. The largest absolute Gasteiger partial charge is 0.497 e. The first-order valence-electron chi connectivity index (χ1n) is 8.37. The molecule has 0 saturated carbocycles. The van der Waals surface area contributed by atoms with Gasteiger partial charge in [-0.2, -0.15) is 9.61 Å². The second-order valence-corrected chi connectivity index (χ2v) is 6.82. The molecule has 0 aliphatic rings. The van der Waals surface area contributed by atoms with Crippen LogP contribution in [0.4, 0.5) is 0 Å². The lowest BCUT2D eigenvalue weighted by Gasteiger charge is -2.20. The van der Waals surface area contributed by atoms with Gasteiger partial charge in [0, 0.05) is 19.2 Å². The van der Waals surface area contributed by atoms with Crippen molar-refractivity contribution in [3.8, 4) is 5.75 Å². The van der Waals surface area contributed by atoms with Crippen molar-refractivity contribution in [1.29, 1.82) is 0 Å². The van der Waals surface area contributed by atoms with E-state index in [4.69, 9.17) is 4.74 Å². The fourth-order valence-corrected chi connectivity index (χ4v) is 3.48. The van der Waals surface area contributed by atoms with Crippen LogP contribution in [0.1, 0.15) is 30.1 Å². The van der Waals surface area contributed by atoms with Crippen LogP contribution in [-0.4, -0.2) is 33.2 Å². The number of rotatable bonds is 7. The summed E-state index contributed by atoms with van der Waals surface area (Å²) in [5, 5.41) is 5.21. The van der Waals surface area contributed by atoms with E-state index in [9.17, 15) is 4.79 Å². The molecule has 2 heterocycles. The van der Waals surface area contributed by atoms with Gasteiger partial charge in [0.25, 0.3) is 5.56 Å². The molecule has 132 valence electrons. The van der Waals surface area contributed by atoms with Gasteiger partial charge in [0.15, 0.2) is 0 Å². The SMILES string of the molecule is CCc1nn2c(=O)cc(CN(CC)Cc3ccc(OC)cc3)nc2s1. The molecule has 0 spiro atoms. The summed E-state index contributed by atoms with van der Waals surface area (Å²) in [6.45, 7) is 6.43. The molecule has 0 atom stereocenters. The van der Waals surface area contributed by atoms with Crippen LogP contribution >= 0.6 is 11.3 Å². The Labute approximate surface area is 150 Å². The zero-order valence-corrected chi connectivity index (χ0v) is 15.5. The maximum Gasteiger partial charge on any atom is 0.275 e. The van der Waals surface area contributed by atoms with Crippen LogP contribution in [0.2, 0.25) is 0 Å². The van der Waals surface area contributed by atoms with Gasteiger partial charge in [0.05, 0.1) is 12.8 Å². The number of methoxy groups -OCH3 is 1. The van der Waals surface area contributed by atoms with Gasteiger partial charge in [-0.25, -0.2) is 4.98 Å². The molecule has 0 saturated heterocycles. The summed E-state index contributed by atoms with van der Waals surface area (Å²) in [6, 6.07) is 9.63. The first-order chi connectivity index (χ1) is 12.1. The summed E-state index contributed by atoms with van der Waals surface area (Å²) >= 11 is 1.48. The van der Waals surface area contributed by atoms with Crippen molar-refractivity contribution in [2.45, 2.75) is 33.4 Å². The number of aryl methyl sites for hydroxylation is 1. The molecule has 0 fully saturated rings. The standard InChI is InChI=1S/C18H22N4O2S/c1-4-16-20-22-17(23)10-14(19-18(22)25-16)12-21(5-2)11-13-6-8-15(24-3)9-7-13/h6-10H,4-5,11-12H2,1-3H3. The van der Waals surface area contributed by atoms with Gasteiger partial charge >= 0.3 is 0 Å². The normalized spacial score (nSPS) is 11.4. The third-order valence-electron chi connectivity index (χ3n) is 4.04. The molecule has 0 radical (unpaired) electrons. The van der Waals surface area contributed by atoms with Crippen molar-refractivity contribution >= 4 is 16.3 Å². The third kappa shape index (κ3) is 4.05. The van der Waals surface area contributed by atoms with Crippen LogP contribution in [0.15, 0.2) is 35.1 Å². The van der Waals surface area contributed by atoms with Crippen LogP contribution < -0.4 is 10.3 Å². The molecule has 0 amide bonds. The Hall–Kier alpha value is -2.25. The molecule has 0 aliphatic carbocycles. The number of benzene rings is 1. The lowest BCUT2D eigenvalue weighted by Crippen LogP contribution is -2.25. The lowest BCUT2D eigenvalue weighted by molar-refractivity contribution is 0.268. The highest BCUT2D eigenvalue weighted by Crippen LogP contribution is 2.15. The average molecular weight is 358 g/mol. The first-order valence-corrected chi connectivity index (χ1v) is 9.18. The Morgan fingerprint density at radius 2 is 1.96 bits per heavy atom. The average Bonchev–Trinajstić information content (AvgIpc) is 3.05. The van der Waals surface area contributed by atoms with Gasteiger partial charge in [0.2, 0.25) is 4.96 Å². The van der Waals surface area contributed by atoms with Gasteiger partial charge < -0.3 is 4.74 Å². The smallest absolute Gasteiger partial charge is 0.275 e. The molecule has 0 aliphatic heterocycles. The Bertz CT molecular complexity index is 902.